The first-order valence-corrected chi connectivity index (χ1v) is 8.71. The maximum atomic E-state index is 5.96. The van der Waals surface area contributed by atoms with Gasteiger partial charge in [-0.3, -0.25) is 0 Å². The van der Waals surface area contributed by atoms with Crippen LogP contribution in [0.4, 0.5) is 5.69 Å². The van der Waals surface area contributed by atoms with Crippen LogP contribution >= 0.6 is 0 Å². The lowest BCUT2D eigenvalue weighted by atomic mass is 10.00. The van der Waals surface area contributed by atoms with E-state index in [1.807, 2.05) is 6.07 Å². The van der Waals surface area contributed by atoms with E-state index in [1.54, 1.807) is 7.11 Å². The van der Waals surface area contributed by atoms with Crippen molar-refractivity contribution in [2.75, 3.05) is 38.3 Å². The van der Waals surface area contributed by atoms with Gasteiger partial charge in [0.05, 0.1) is 19.3 Å². The quantitative estimate of drug-likeness (QED) is 0.928. The number of methoxy groups -OCH3 is 1. The molecule has 4 heteroatoms. The molecule has 0 fully saturated rings. The Morgan fingerprint density at radius 2 is 1.92 bits per heavy atom. The Morgan fingerprint density at radius 1 is 1.12 bits per heavy atom. The minimum absolute atomic E-state index is 0. The highest BCUT2D eigenvalue weighted by atomic mass is 16.5. The molecule has 1 N–H and O–H groups in total. The van der Waals surface area contributed by atoms with Gasteiger partial charge in [-0.05, 0) is 66.9 Å². The van der Waals surface area contributed by atoms with Gasteiger partial charge in [0.25, 0.3) is 0 Å². The highest BCUT2D eigenvalue weighted by Gasteiger charge is 2.21. The molecule has 4 rings (SSSR count). The summed E-state index contributed by atoms with van der Waals surface area (Å²) in [5.41, 5.74) is 5.38. The van der Waals surface area contributed by atoms with Gasteiger partial charge in [-0.25, -0.2) is 0 Å². The first-order valence-electron chi connectivity index (χ1n) is 8.71. The van der Waals surface area contributed by atoms with Gasteiger partial charge in [0.15, 0.2) is 0 Å². The SMILES string of the molecule is C.COc1cccc(CN2CCOc3cc4c(cc32)CCNCC4)c1. The summed E-state index contributed by atoms with van der Waals surface area (Å²) in [5, 5.41) is 3.48. The summed E-state index contributed by atoms with van der Waals surface area (Å²) in [4.78, 5) is 2.42. The molecule has 2 heterocycles. The van der Waals surface area contributed by atoms with Crippen LogP contribution in [-0.4, -0.2) is 33.4 Å². The first-order chi connectivity index (χ1) is 11.8. The van der Waals surface area contributed by atoms with E-state index in [4.69, 9.17) is 9.47 Å². The van der Waals surface area contributed by atoms with E-state index in [1.165, 1.54) is 22.4 Å². The number of fused-ring (bicyclic) bond motifs is 2. The zero-order valence-corrected chi connectivity index (χ0v) is 14.2. The number of hydrogen-bond donors (Lipinski definition) is 1. The number of rotatable bonds is 3. The predicted octanol–water partition coefficient (Wildman–Crippen LogP) is 3.42. The van der Waals surface area contributed by atoms with Crippen molar-refractivity contribution in [2.45, 2.75) is 26.8 Å². The molecule has 0 aliphatic carbocycles. The van der Waals surface area contributed by atoms with Gasteiger partial charge in [0.2, 0.25) is 0 Å². The average molecular weight is 340 g/mol. The van der Waals surface area contributed by atoms with E-state index < -0.39 is 0 Å². The van der Waals surface area contributed by atoms with E-state index in [0.29, 0.717) is 0 Å². The van der Waals surface area contributed by atoms with E-state index >= 15 is 0 Å². The van der Waals surface area contributed by atoms with E-state index in [9.17, 15) is 0 Å². The number of anilines is 1. The predicted molar refractivity (Wildman–Crippen MR) is 103 cm³/mol. The van der Waals surface area contributed by atoms with Crippen molar-refractivity contribution >= 4 is 5.69 Å². The van der Waals surface area contributed by atoms with Crippen LogP contribution in [0, 0.1) is 0 Å². The number of nitrogens with zero attached hydrogens (tertiary/aromatic N) is 1. The molecule has 2 aliphatic heterocycles. The Balaban J connectivity index is 0.00000182. The third-order valence-electron chi connectivity index (χ3n) is 4.89. The molecule has 2 aliphatic rings. The highest BCUT2D eigenvalue weighted by Crippen LogP contribution is 2.36. The molecule has 2 aromatic rings. The van der Waals surface area contributed by atoms with Crippen molar-refractivity contribution in [1.82, 2.24) is 5.32 Å². The zero-order chi connectivity index (χ0) is 16.4. The molecule has 2 aromatic carbocycles. The van der Waals surface area contributed by atoms with Gasteiger partial charge in [0.1, 0.15) is 18.1 Å². The molecule has 134 valence electrons. The lowest BCUT2D eigenvalue weighted by Crippen LogP contribution is -2.32. The lowest BCUT2D eigenvalue weighted by molar-refractivity contribution is 0.306. The molecule has 0 unspecified atom stereocenters. The second-order valence-corrected chi connectivity index (χ2v) is 6.46. The van der Waals surface area contributed by atoms with Crippen molar-refractivity contribution in [2.24, 2.45) is 0 Å². The topological polar surface area (TPSA) is 33.7 Å². The summed E-state index contributed by atoms with van der Waals surface area (Å²) in [6, 6.07) is 12.9. The number of ether oxygens (including phenoxy) is 2. The summed E-state index contributed by atoms with van der Waals surface area (Å²) in [7, 11) is 1.71. The fourth-order valence-corrected chi connectivity index (χ4v) is 3.59. The fraction of sp³-hybridized carbons (Fsp3) is 0.429. The molecule has 0 aromatic heterocycles. The number of nitrogens with one attached hydrogen (secondary N) is 1. The Hall–Kier alpha value is -2.20. The highest BCUT2D eigenvalue weighted by molar-refractivity contribution is 5.63. The molecule has 25 heavy (non-hydrogen) atoms. The van der Waals surface area contributed by atoms with Crippen LogP contribution in [0.1, 0.15) is 24.1 Å². The second-order valence-electron chi connectivity index (χ2n) is 6.46. The number of benzene rings is 2. The minimum atomic E-state index is 0. The summed E-state index contributed by atoms with van der Waals surface area (Å²) in [6.07, 6.45) is 2.18. The van der Waals surface area contributed by atoms with Crippen molar-refractivity contribution in [3.05, 3.63) is 53.1 Å². The lowest BCUT2D eigenvalue weighted by Gasteiger charge is -2.32. The third kappa shape index (κ3) is 3.74. The van der Waals surface area contributed by atoms with Crippen LogP contribution in [-0.2, 0) is 19.4 Å². The van der Waals surface area contributed by atoms with E-state index in [0.717, 1.165) is 57.1 Å². The van der Waals surface area contributed by atoms with E-state index in [-0.39, 0.29) is 7.43 Å². The van der Waals surface area contributed by atoms with Crippen LogP contribution in [0.5, 0.6) is 11.5 Å². The van der Waals surface area contributed by atoms with Crippen LogP contribution in [0.3, 0.4) is 0 Å². The molecule has 0 radical (unpaired) electrons. The monoisotopic (exact) mass is 340 g/mol. The van der Waals surface area contributed by atoms with Crippen molar-refractivity contribution in [3.8, 4) is 11.5 Å². The van der Waals surface area contributed by atoms with Gasteiger partial charge in [-0.15, -0.1) is 0 Å². The van der Waals surface area contributed by atoms with Gasteiger partial charge in [-0.1, -0.05) is 19.6 Å². The van der Waals surface area contributed by atoms with Crippen LogP contribution in [0.2, 0.25) is 0 Å². The molecule has 0 spiro atoms. The summed E-state index contributed by atoms with van der Waals surface area (Å²) >= 11 is 0. The van der Waals surface area contributed by atoms with Gasteiger partial charge in [-0.2, -0.15) is 0 Å². The Bertz CT molecular complexity index is 730. The molecule has 4 nitrogen and oxygen atoms in total. The largest absolute Gasteiger partial charge is 0.497 e. The van der Waals surface area contributed by atoms with Crippen molar-refractivity contribution in [3.63, 3.8) is 0 Å². The molecule has 0 amide bonds. The average Bonchev–Trinajstić information content (AvgIpc) is 2.85. The maximum absolute atomic E-state index is 5.96. The molecule has 0 bridgehead atoms. The van der Waals surface area contributed by atoms with Crippen molar-refractivity contribution < 1.29 is 9.47 Å². The Labute approximate surface area is 150 Å². The third-order valence-corrected chi connectivity index (χ3v) is 4.89. The first kappa shape index (κ1) is 17.6. The molecule has 0 saturated heterocycles. The Kier molecular flexibility index (Phi) is 5.49. The summed E-state index contributed by atoms with van der Waals surface area (Å²) < 4.78 is 11.3. The van der Waals surface area contributed by atoms with Crippen LogP contribution < -0.4 is 19.7 Å². The Morgan fingerprint density at radius 3 is 2.72 bits per heavy atom. The summed E-state index contributed by atoms with van der Waals surface area (Å²) in [5.74, 6) is 1.94. The molecular weight excluding hydrogens is 312 g/mol. The van der Waals surface area contributed by atoms with Gasteiger partial charge >= 0.3 is 0 Å². The van der Waals surface area contributed by atoms with Gasteiger partial charge in [0, 0.05) is 6.54 Å². The zero-order valence-electron chi connectivity index (χ0n) is 14.2. The summed E-state index contributed by atoms with van der Waals surface area (Å²) in [6.45, 7) is 4.65. The molecular formula is C21H28N2O2. The normalized spacial score (nSPS) is 16.0. The van der Waals surface area contributed by atoms with Crippen molar-refractivity contribution in [1.29, 1.82) is 0 Å². The molecule has 0 atom stereocenters. The van der Waals surface area contributed by atoms with Crippen LogP contribution in [0.25, 0.3) is 0 Å². The second kappa shape index (κ2) is 7.79. The standard InChI is InChI=1S/C20H24N2O2.CH4/c1-23-18-4-2-3-15(11-18)14-22-9-10-24-20-13-17-6-8-21-7-5-16(17)12-19(20)22;/h2-4,11-13,21H,5-10,14H2,1H3;1H4. The smallest absolute Gasteiger partial charge is 0.142 e. The van der Waals surface area contributed by atoms with Crippen LogP contribution in [0.15, 0.2) is 36.4 Å². The maximum Gasteiger partial charge on any atom is 0.142 e. The fourth-order valence-electron chi connectivity index (χ4n) is 3.59. The molecule has 0 saturated carbocycles. The minimum Gasteiger partial charge on any atom is -0.497 e. The van der Waals surface area contributed by atoms with Gasteiger partial charge < -0.3 is 19.7 Å². The number of hydrogen-bond acceptors (Lipinski definition) is 4. The van der Waals surface area contributed by atoms with E-state index in [2.05, 4.69) is 40.5 Å².